The van der Waals surface area contributed by atoms with Gasteiger partial charge in [-0.05, 0) is 37.4 Å². The maximum atomic E-state index is 12.7. The summed E-state index contributed by atoms with van der Waals surface area (Å²) in [5.74, 6) is 0.242. The molecule has 0 spiro atoms. The number of anilines is 1. The average molecular weight is 325 g/mol. The Kier molecular flexibility index (Phi) is 4.30. The maximum absolute atomic E-state index is 12.7. The Morgan fingerprint density at radius 3 is 3.04 bits per heavy atom. The van der Waals surface area contributed by atoms with E-state index in [9.17, 15) is 4.79 Å². The summed E-state index contributed by atoms with van der Waals surface area (Å²) in [5, 5.41) is 4.20. The lowest BCUT2D eigenvalue weighted by Gasteiger charge is -2.25. The van der Waals surface area contributed by atoms with E-state index in [4.69, 9.17) is 0 Å². The minimum Gasteiger partial charge on any atom is -0.312 e. The minimum absolute atomic E-state index is 0.242. The van der Waals surface area contributed by atoms with E-state index >= 15 is 0 Å². The van der Waals surface area contributed by atoms with Crippen LogP contribution in [0.2, 0.25) is 0 Å². The van der Waals surface area contributed by atoms with Gasteiger partial charge in [-0.25, -0.2) is 4.98 Å². The van der Waals surface area contributed by atoms with Crippen molar-refractivity contribution in [2.75, 3.05) is 24.5 Å². The van der Waals surface area contributed by atoms with Gasteiger partial charge in [0.15, 0.2) is 0 Å². The number of carbonyl (C=O) groups is 1. The second-order valence-electron chi connectivity index (χ2n) is 6.62. The van der Waals surface area contributed by atoms with Gasteiger partial charge < -0.3 is 4.90 Å². The van der Waals surface area contributed by atoms with Crippen molar-refractivity contribution in [3.05, 3.63) is 42.5 Å². The van der Waals surface area contributed by atoms with Crippen molar-refractivity contribution in [1.29, 1.82) is 0 Å². The molecule has 4 rings (SSSR count). The Hall–Kier alpha value is -2.21. The van der Waals surface area contributed by atoms with E-state index in [1.54, 1.807) is 12.7 Å². The lowest BCUT2D eigenvalue weighted by Crippen LogP contribution is -2.37. The van der Waals surface area contributed by atoms with Crippen LogP contribution >= 0.6 is 0 Å². The first kappa shape index (κ1) is 15.3. The maximum Gasteiger partial charge on any atom is 0.228 e. The zero-order chi connectivity index (χ0) is 16.4. The van der Waals surface area contributed by atoms with Crippen LogP contribution in [0.15, 0.2) is 36.9 Å². The third kappa shape index (κ3) is 3.06. The van der Waals surface area contributed by atoms with Crippen molar-refractivity contribution < 1.29 is 4.79 Å². The quantitative estimate of drug-likeness (QED) is 0.840. The highest BCUT2D eigenvalue weighted by atomic mass is 16.2. The molecule has 0 aliphatic carbocycles. The molecule has 1 fully saturated rings. The third-order valence-corrected chi connectivity index (χ3v) is 5.16. The molecule has 1 saturated heterocycles. The second-order valence-corrected chi connectivity index (χ2v) is 6.62. The highest BCUT2D eigenvalue weighted by molar-refractivity contribution is 5.95. The minimum atomic E-state index is 0.242. The molecule has 0 unspecified atom stereocenters. The van der Waals surface area contributed by atoms with Crippen LogP contribution in [0.25, 0.3) is 0 Å². The first-order valence-electron chi connectivity index (χ1n) is 8.76. The Morgan fingerprint density at radius 1 is 1.25 bits per heavy atom. The molecule has 0 N–H and O–H groups in total. The highest BCUT2D eigenvalue weighted by Gasteiger charge is 2.28. The first-order valence-corrected chi connectivity index (χ1v) is 8.76. The molecule has 2 aromatic rings. The molecule has 0 radical (unpaired) electrons. The van der Waals surface area contributed by atoms with Crippen LogP contribution in [0.1, 0.15) is 24.8 Å². The number of carbonyl (C=O) groups excluding carboxylic acids is 1. The number of aromatic nitrogens is 3. The summed E-state index contributed by atoms with van der Waals surface area (Å²) in [6.07, 6.45) is 7.26. The van der Waals surface area contributed by atoms with Crippen LogP contribution in [0.5, 0.6) is 0 Å². The number of amides is 1. The number of hydrogen-bond acceptors (Lipinski definition) is 4. The third-order valence-electron chi connectivity index (χ3n) is 5.16. The molecule has 1 aromatic carbocycles. The normalized spacial score (nSPS) is 20.5. The zero-order valence-electron chi connectivity index (χ0n) is 13.8. The van der Waals surface area contributed by atoms with E-state index in [0.717, 1.165) is 38.3 Å². The van der Waals surface area contributed by atoms with E-state index < -0.39 is 0 Å². The molecule has 1 amide bonds. The number of fused-ring (bicyclic) bond motifs is 1. The molecule has 1 aromatic heterocycles. The van der Waals surface area contributed by atoms with Gasteiger partial charge in [0.05, 0.1) is 6.54 Å². The summed E-state index contributed by atoms with van der Waals surface area (Å²) >= 11 is 0. The van der Waals surface area contributed by atoms with Gasteiger partial charge in [-0.1, -0.05) is 18.2 Å². The van der Waals surface area contributed by atoms with Gasteiger partial charge in [0.1, 0.15) is 12.7 Å². The van der Waals surface area contributed by atoms with Gasteiger partial charge in [-0.2, -0.15) is 5.10 Å². The summed E-state index contributed by atoms with van der Waals surface area (Å²) in [6.45, 7) is 3.58. The lowest BCUT2D eigenvalue weighted by atomic mass is 10.2. The van der Waals surface area contributed by atoms with Gasteiger partial charge >= 0.3 is 0 Å². The van der Waals surface area contributed by atoms with Crippen molar-refractivity contribution in [3.8, 4) is 0 Å². The van der Waals surface area contributed by atoms with Crippen LogP contribution in [0.4, 0.5) is 5.69 Å². The monoisotopic (exact) mass is 325 g/mol. The smallest absolute Gasteiger partial charge is 0.228 e. The number of nitrogens with zero attached hydrogens (tertiary/aromatic N) is 5. The molecule has 2 aliphatic rings. The van der Waals surface area contributed by atoms with E-state index in [1.807, 2.05) is 21.7 Å². The van der Waals surface area contributed by atoms with E-state index in [0.29, 0.717) is 12.5 Å². The van der Waals surface area contributed by atoms with Gasteiger partial charge in [-0.3, -0.25) is 14.4 Å². The van der Waals surface area contributed by atoms with Gasteiger partial charge in [0.25, 0.3) is 0 Å². The molecular weight excluding hydrogens is 302 g/mol. The van der Waals surface area contributed by atoms with Gasteiger partial charge in [0, 0.05) is 31.2 Å². The first-order chi connectivity index (χ1) is 11.8. The Labute approximate surface area is 142 Å². The average Bonchev–Trinajstić information content (AvgIpc) is 3.34. The molecule has 2 aliphatic heterocycles. The van der Waals surface area contributed by atoms with Crippen LogP contribution in [0.3, 0.4) is 0 Å². The molecule has 6 nitrogen and oxygen atoms in total. The standard InChI is InChI=1S/C18H23N5O/c24-18(23-11-7-15-4-1-2-6-17(15)23)8-10-21-9-3-5-16(21)12-22-14-19-13-20-22/h1-2,4,6,13-14,16H,3,5,7-12H2/t16-/m1/s1. The summed E-state index contributed by atoms with van der Waals surface area (Å²) in [4.78, 5) is 21.1. The molecule has 1 atom stereocenters. The number of rotatable bonds is 5. The molecule has 126 valence electrons. The van der Waals surface area contributed by atoms with Crippen molar-refractivity contribution >= 4 is 11.6 Å². The van der Waals surface area contributed by atoms with E-state index in [-0.39, 0.29) is 5.91 Å². The number of benzene rings is 1. The summed E-state index contributed by atoms with van der Waals surface area (Å²) < 4.78 is 1.89. The predicted molar refractivity (Wildman–Crippen MR) is 91.7 cm³/mol. The largest absolute Gasteiger partial charge is 0.312 e. The molecule has 0 bridgehead atoms. The molecule has 24 heavy (non-hydrogen) atoms. The van der Waals surface area contributed by atoms with Crippen molar-refractivity contribution in [2.24, 2.45) is 0 Å². The fourth-order valence-corrected chi connectivity index (χ4v) is 3.91. The van der Waals surface area contributed by atoms with Crippen LogP contribution < -0.4 is 4.90 Å². The summed E-state index contributed by atoms with van der Waals surface area (Å²) in [5.41, 5.74) is 2.39. The summed E-state index contributed by atoms with van der Waals surface area (Å²) in [6, 6.07) is 8.71. The van der Waals surface area contributed by atoms with Crippen LogP contribution in [-0.4, -0.2) is 51.2 Å². The summed E-state index contributed by atoms with van der Waals surface area (Å²) in [7, 11) is 0. The molecular formula is C18H23N5O. The van der Waals surface area contributed by atoms with E-state index in [1.165, 1.54) is 18.4 Å². The topological polar surface area (TPSA) is 54.3 Å². The Bertz CT molecular complexity index is 699. The second kappa shape index (κ2) is 6.73. The van der Waals surface area contributed by atoms with Crippen LogP contribution in [-0.2, 0) is 17.8 Å². The van der Waals surface area contributed by atoms with Gasteiger partial charge in [0.2, 0.25) is 5.91 Å². The fraction of sp³-hybridized carbons (Fsp3) is 0.500. The molecule has 6 heteroatoms. The molecule has 0 saturated carbocycles. The van der Waals surface area contributed by atoms with Crippen LogP contribution in [0, 0.1) is 0 Å². The fourth-order valence-electron chi connectivity index (χ4n) is 3.91. The lowest BCUT2D eigenvalue weighted by molar-refractivity contribution is -0.118. The Morgan fingerprint density at radius 2 is 2.17 bits per heavy atom. The predicted octanol–water partition coefficient (Wildman–Crippen LogP) is 1.72. The number of para-hydroxylation sites is 1. The Balaban J connectivity index is 1.34. The van der Waals surface area contributed by atoms with Crippen molar-refractivity contribution in [2.45, 2.75) is 38.3 Å². The highest BCUT2D eigenvalue weighted by Crippen LogP contribution is 2.28. The SMILES string of the molecule is O=C(CCN1CCC[C@@H]1Cn1cncn1)N1CCc2ccccc21. The molecule has 3 heterocycles. The zero-order valence-corrected chi connectivity index (χ0v) is 13.8. The van der Waals surface area contributed by atoms with Gasteiger partial charge in [-0.15, -0.1) is 0 Å². The van der Waals surface area contributed by atoms with Crippen molar-refractivity contribution in [1.82, 2.24) is 19.7 Å². The van der Waals surface area contributed by atoms with Crippen molar-refractivity contribution in [3.63, 3.8) is 0 Å². The number of likely N-dealkylation sites (tertiary alicyclic amines) is 1. The van der Waals surface area contributed by atoms with E-state index in [2.05, 4.69) is 27.1 Å². The number of hydrogen-bond donors (Lipinski definition) is 0.